The lowest BCUT2D eigenvalue weighted by Gasteiger charge is -2.10. The maximum atomic E-state index is 6.17. The molecule has 0 saturated heterocycles. The molecule has 2 N–H and O–H groups in total. The summed E-state index contributed by atoms with van der Waals surface area (Å²) in [6, 6.07) is 7.76. The molecule has 3 nitrogen and oxygen atoms in total. The number of aromatic nitrogens is 1. The van der Waals surface area contributed by atoms with E-state index < -0.39 is 0 Å². The number of rotatable bonds is 3. The molecule has 0 fully saturated rings. The fourth-order valence-electron chi connectivity index (χ4n) is 1.79. The Morgan fingerprint density at radius 1 is 1.22 bits per heavy atom. The highest BCUT2D eigenvalue weighted by Gasteiger charge is 2.09. The molecule has 0 radical (unpaired) electrons. The quantitative estimate of drug-likeness (QED) is 0.919. The third kappa shape index (κ3) is 2.81. The van der Waals surface area contributed by atoms with Gasteiger partial charge in [0.05, 0.1) is 0 Å². The van der Waals surface area contributed by atoms with E-state index in [1.54, 1.807) is 12.3 Å². The lowest BCUT2D eigenvalue weighted by Crippen LogP contribution is -1.99. The number of hydrogen-bond donors (Lipinski definition) is 1. The Hall–Kier alpha value is -1.58. The van der Waals surface area contributed by atoms with Gasteiger partial charge in [-0.2, -0.15) is 0 Å². The average Bonchev–Trinajstić information content (AvgIpc) is 2.30. The average molecular weight is 263 g/mol. The standard InChI is InChI=1S/C14H15ClN2O/c1-9-5-10(2)7-12(6-9)18-14-13(15)11(8-16)3-4-17-14/h3-7H,8,16H2,1-2H3. The van der Waals surface area contributed by atoms with Gasteiger partial charge in [0.25, 0.3) is 0 Å². The Kier molecular flexibility index (Phi) is 3.84. The minimum Gasteiger partial charge on any atom is -0.438 e. The van der Waals surface area contributed by atoms with Crippen LogP contribution in [-0.2, 0) is 6.54 Å². The first kappa shape index (κ1) is 12.9. The lowest BCUT2D eigenvalue weighted by atomic mass is 10.1. The SMILES string of the molecule is Cc1cc(C)cc(Oc2nccc(CN)c2Cl)c1. The summed E-state index contributed by atoms with van der Waals surface area (Å²) in [4.78, 5) is 4.13. The van der Waals surface area contributed by atoms with E-state index in [0.29, 0.717) is 17.4 Å². The van der Waals surface area contributed by atoms with Crippen molar-refractivity contribution in [1.82, 2.24) is 4.98 Å². The smallest absolute Gasteiger partial charge is 0.238 e. The maximum Gasteiger partial charge on any atom is 0.238 e. The molecule has 1 aromatic carbocycles. The summed E-state index contributed by atoms with van der Waals surface area (Å²) in [5, 5.41) is 0.471. The molecule has 2 aromatic rings. The Bertz CT molecular complexity index is 549. The molecule has 18 heavy (non-hydrogen) atoms. The van der Waals surface area contributed by atoms with Crippen molar-refractivity contribution in [3.05, 3.63) is 52.2 Å². The number of nitrogens with zero attached hydrogens (tertiary/aromatic N) is 1. The van der Waals surface area contributed by atoms with Crippen molar-refractivity contribution in [1.29, 1.82) is 0 Å². The Morgan fingerprint density at radius 3 is 2.50 bits per heavy atom. The molecule has 0 unspecified atom stereocenters. The summed E-state index contributed by atoms with van der Waals surface area (Å²) in [6.45, 7) is 4.40. The number of halogens is 1. The molecule has 0 aliphatic rings. The minimum atomic E-state index is 0.366. The van der Waals surface area contributed by atoms with E-state index in [9.17, 15) is 0 Å². The molecule has 0 bridgehead atoms. The van der Waals surface area contributed by atoms with Crippen LogP contribution in [0.1, 0.15) is 16.7 Å². The van der Waals surface area contributed by atoms with E-state index in [0.717, 1.165) is 22.4 Å². The zero-order valence-corrected chi connectivity index (χ0v) is 11.2. The van der Waals surface area contributed by atoms with Crippen LogP contribution in [0.5, 0.6) is 11.6 Å². The maximum absolute atomic E-state index is 6.17. The molecular weight excluding hydrogens is 248 g/mol. The molecule has 0 spiro atoms. The van der Waals surface area contributed by atoms with Gasteiger partial charge in [0.2, 0.25) is 5.88 Å². The minimum absolute atomic E-state index is 0.366. The van der Waals surface area contributed by atoms with Crippen LogP contribution in [0.15, 0.2) is 30.5 Å². The van der Waals surface area contributed by atoms with E-state index in [1.807, 2.05) is 26.0 Å². The Morgan fingerprint density at radius 2 is 1.89 bits per heavy atom. The van der Waals surface area contributed by atoms with Crippen molar-refractivity contribution in [3.63, 3.8) is 0 Å². The van der Waals surface area contributed by atoms with Crippen LogP contribution in [0, 0.1) is 13.8 Å². The van der Waals surface area contributed by atoms with Crippen LogP contribution in [-0.4, -0.2) is 4.98 Å². The first-order valence-electron chi connectivity index (χ1n) is 5.69. The molecule has 0 aliphatic carbocycles. The summed E-state index contributed by atoms with van der Waals surface area (Å²) in [5.41, 5.74) is 8.69. The highest BCUT2D eigenvalue weighted by atomic mass is 35.5. The third-order valence-corrected chi connectivity index (χ3v) is 2.97. The van der Waals surface area contributed by atoms with Crippen molar-refractivity contribution in [3.8, 4) is 11.6 Å². The Balaban J connectivity index is 2.34. The second kappa shape index (κ2) is 5.38. The van der Waals surface area contributed by atoms with Crippen molar-refractivity contribution < 1.29 is 4.74 Å². The first-order valence-corrected chi connectivity index (χ1v) is 6.07. The molecule has 0 aliphatic heterocycles. The van der Waals surface area contributed by atoms with Crippen molar-refractivity contribution in [2.24, 2.45) is 5.73 Å². The summed E-state index contributed by atoms with van der Waals surface area (Å²) >= 11 is 6.17. The van der Waals surface area contributed by atoms with Gasteiger partial charge >= 0.3 is 0 Å². The third-order valence-electron chi connectivity index (χ3n) is 2.57. The normalized spacial score (nSPS) is 10.4. The summed E-state index contributed by atoms with van der Waals surface area (Å²) < 4.78 is 5.71. The molecular formula is C14H15ClN2O. The van der Waals surface area contributed by atoms with Gasteiger partial charge in [-0.25, -0.2) is 4.98 Å². The number of hydrogen-bond acceptors (Lipinski definition) is 3. The molecule has 1 heterocycles. The highest BCUT2D eigenvalue weighted by molar-refractivity contribution is 6.32. The number of benzene rings is 1. The highest BCUT2D eigenvalue weighted by Crippen LogP contribution is 2.30. The second-order valence-electron chi connectivity index (χ2n) is 4.22. The number of nitrogens with two attached hydrogens (primary N) is 1. The van der Waals surface area contributed by atoms with Gasteiger partial charge in [0.15, 0.2) is 0 Å². The van der Waals surface area contributed by atoms with Crippen LogP contribution < -0.4 is 10.5 Å². The predicted molar refractivity (Wildman–Crippen MR) is 73.1 cm³/mol. The fraction of sp³-hybridized carbons (Fsp3) is 0.214. The number of ether oxygens (including phenoxy) is 1. The zero-order chi connectivity index (χ0) is 13.1. The van der Waals surface area contributed by atoms with Crippen LogP contribution in [0.2, 0.25) is 5.02 Å². The lowest BCUT2D eigenvalue weighted by molar-refractivity contribution is 0.461. The van der Waals surface area contributed by atoms with Crippen LogP contribution in [0.3, 0.4) is 0 Å². The molecule has 1 aromatic heterocycles. The van der Waals surface area contributed by atoms with E-state index in [-0.39, 0.29) is 0 Å². The van der Waals surface area contributed by atoms with E-state index in [2.05, 4.69) is 11.1 Å². The topological polar surface area (TPSA) is 48.1 Å². The van der Waals surface area contributed by atoms with Gasteiger partial charge in [-0.05, 0) is 48.7 Å². The Labute approximate surface area is 112 Å². The van der Waals surface area contributed by atoms with E-state index in [4.69, 9.17) is 22.1 Å². The molecule has 0 atom stereocenters. The van der Waals surface area contributed by atoms with Crippen LogP contribution in [0.4, 0.5) is 0 Å². The van der Waals surface area contributed by atoms with Crippen LogP contribution in [0.25, 0.3) is 0 Å². The second-order valence-corrected chi connectivity index (χ2v) is 4.60. The predicted octanol–water partition coefficient (Wildman–Crippen LogP) is 3.60. The summed E-state index contributed by atoms with van der Waals surface area (Å²) in [6.07, 6.45) is 1.64. The van der Waals surface area contributed by atoms with Crippen molar-refractivity contribution >= 4 is 11.6 Å². The van der Waals surface area contributed by atoms with Crippen molar-refractivity contribution in [2.45, 2.75) is 20.4 Å². The van der Waals surface area contributed by atoms with E-state index in [1.165, 1.54) is 0 Å². The molecule has 94 valence electrons. The summed E-state index contributed by atoms with van der Waals surface area (Å²) in [7, 11) is 0. The monoisotopic (exact) mass is 262 g/mol. The van der Waals surface area contributed by atoms with Gasteiger partial charge in [-0.15, -0.1) is 0 Å². The molecule has 0 saturated carbocycles. The molecule has 0 amide bonds. The largest absolute Gasteiger partial charge is 0.438 e. The van der Waals surface area contributed by atoms with Gasteiger partial charge < -0.3 is 10.5 Å². The fourth-order valence-corrected chi connectivity index (χ4v) is 2.02. The van der Waals surface area contributed by atoms with Gasteiger partial charge in [-0.3, -0.25) is 0 Å². The van der Waals surface area contributed by atoms with Crippen molar-refractivity contribution in [2.75, 3.05) is 0 Å². The number of pyridine rings is 1. The van der Waals surface area contributed by atoms with Gasteiger partial charge in [-0.1, -0.05) is 17.7 Å². The molecule has 4 heteroatoms. The van der Waals surface area contributed by atoms with E-state index >= 15 is 0 Å². The zero-order valence-electron chi connectivity index (χ0n) is 10.4. The van der Waals surface area contributed by atoms with Crippen LogP contribution >= 0.6 is 11.6 Å². The van der Waals surface area contributed by atoms with Gasteiger partial charge in [0.1, 0.15) is 10.8 Å². The number of aryl methyl sites for hydroxylation is 2. The summed E-state index contributed by atoms with van der Waals surface area (Å²) in [5.74, 6) is 1.13. The first-order chi connectivity index (χ1) is 8.60. The molecule has 2 rings (SSSR count). The van der Waals surface area contributed by atoms with Gasteiger partial charge in [0, 0.05) is 12.7 Å².